The van der Waals surface area contributed by atoms with Crippen molar-refractivity contribution in [1.29, 1.82) is 0 Å². The van der Waals surface area contributed by atoms with Crippen molar-refractivity contribution < 1.29 is 18.4 Å². The number of hydrogen-bond acceptors (Lipinski definition) is 4. The van der Waals surface area contributed by atoms with E-state index in [0.29, 0.717) is 6.04 Å². The zero-order valence-corrected chi connectivity index (χ0v) is 26.1. The van der Waals surface area contributed by atoms with Crippen LogP contribution in [0.15, 0.2) is 30.3 Å². The van der Waals surface area contributed by atoms with Gasteiger partial charge in [-0.15, -0.1) is 0 Å². The Hall–Kier alpha value is -1.62. The van der Waals surface area contributed by atoms with E-state index >= 15 is 0 Å². The third kappa shape index (κ3) is 17.8. The first-order valence-electron chi connectivity index (χ1n) is 15.9. The van der Waals surface area contributed by atoms with Crippen molar-refractivity contribution in [3.8, 4) is 0 Å². The summed E-state index contributed by atoms with van der Waals surface area (Å²) in [4.78, 5) is 23.7. The summed E-state index contributed by atoms with van der Waals surface area (Å²) in [5.74, 6) is -0.768. The highest BCUT2D eigenvalue weighted by Gasteiger charge is 2.45. The van der Waals surface area contributed by atoms with Crippen molar-refractivity contribution in [2.75, 3.05) is 0 Å². The zero-order valence-electron chi connectivity index (χ0n) is 25.1. The van der Waals surface area contributed by atoms with E-state index in [1.54, 1.807) is 0 Å². The maximum atomic E-state index is 11.9. The molecule has 0 saturated carbocycles. The molecule has 1 aromatic carbocycles. The second-order valence-corrected chi connectivity index (χ2v) is 14.1. The lowest BCUT2D eigenvalue weighted by atomic mass is 10.0. The van der Waals surface area contributed by atoms with Crippen molar-refractivity contribution in [3.63, 3.8) is 0 Å². The van der Waals surface area contributed by atoms with Gasteiger partial charge in [-0.3, -0.25) is 9.59 Å². The molecule has 0 fully saturated rings. The maximum Gasteiger partial charge on any atom is 0.499 e. The Kier molecular flexibility index (Phi) is 21.1. The molecule has 1 aromatic rings. The van der Waals surface area contributed by atoms with Crippen LogP contribution in [0.4, 0.5) is 0 Å². The van der Waals surface area contributed by atoms with Crippen LogP contribution in [0, 0.1) is 0 Å². The van der Waals surface area contributed by atoms with Gasteiger partial charge in [-0.25, -0.2) is 0 Å². The van der Waals surface area contributed by atoms with Crippen molar-refractivity contribution in [2.45, 2.75) is 162 Å². The number of rotatable bonds is 25. The molecule has 0 aliphatic heterocycles. The summed E-state index contributed by atoms with van der Waals surface area (Å²) >= 11 is 0. The van der Waals surface area contributed by atoms with Crippen molar-refractivity contribution >= 4 is 25.7 Å². The summed E-state index contributed by atoms with van der Waals surface area (Å²) < 4.78 is 11.5. The topological polar surface area (TPSA) is 52.6 Å². The first-order chi connectivity index (χ1) is 18.5. The highest BCUT2D eigenvalue weighted by Crippen LogP contribution is 2.21. The summed E-state index contributed by atoms with van der Waals surface area (Å²) in [6.45, 7) is 5.08. The number of unbranched alkanes of at least 4 members (excludes halogenated alkanes) is 20. The van der Waals surface area contributed by atoms with Gasteiger partial charge >= 0.3 is 8.56 Å². The number of benzene rings is 1. The van der Waals surface area contributed by atoms with Crippen LogP contribution in [-0.4, -0.2) is 20.5 Å². The van der Waals surface area contributed by atoms with E-state index < -0.39 is 8.56 Å². The maximum absolute atomic E-state index is 11.9. The molecule has 0 atom stereocenters. The van der Waals surface area contributed by atoms with Gasteiger partial charge in [0.05, 0.1) is 0 Å². The van der Waals surface area contributed by atoms with Crippen LogP contribution >= 0.6 is 0 Å². The van der Waals surface area contributed by atoms with Crippen LogP contribution in [0.2, 0.25) is 6.04 Å². The molecule has 0 heterocycles. The molecule has 0 bridgehead atoms. The monoisotopic (exact) mass is 546 g/mol. The molecular weight excluding hydrogens is 488 g/mol. The summed E-state index contributed by atoms with van der Waals surface area (Å²) in [6.07, 6.45) is 28.3. The Morgan fingerprint density at radius 2 is 0.842 bits per heavy atom. The molecule has 0 unspecified atom stereocenters. The molecule has 1 rings (SSSR count). The van der Waals surface area contributed by atoms with Gasteiger partial charge in [0.2, 0.25) is 0 Å². The zero-order chi connectivity index (χ0) is 27.7. The Bertz CT molecular complexity index is 690. The lowest BCUT2D eigenvalue weighted by molar-refractivity contribution is -0.138. The molecule has 0 aromatic heterocycles. The fourth-order valence-corrected chi connectivity index (χ4v) is 8.45. The molecule has 0 spiro atoms. The fraction of sp³-hybridized carbons (Fsp3) is 0.758. The van der Waals surface area contributed by atoms with E-state index in [4.69, 9.17) is 8.85 Å². The Balaban J connectivity index is 2.03. The molecule has 0 amide bonds. The molecule has 38 heavy (non-hydrogen) atoms. The normalized spacial score (nSPS) is 11.4. The lowest BCUT2D eigenvalue weighted by Gasteiger charge is -2.29. The summed E-state index contributed by atoms with van der Waals surface area (Å²) in [5.41, 5.74) is 0. The molecule has 0 aliphatic rings. The fourth-order valence-electron chi connectivity index (χ4n) is 5.33. The third-order valence-corrected chi connectivity index (χ3v) is 10.9. The SMILES string of the molecule is CCCCCCCCCCCCCCCCCCCCCCC[Si](OC(C)=O)(OC(C)=O)c1ccccc1. The van der Waals surface area contributed by atoms with E-state index in [9.17, 15) is 9.59 Å². The highest BCUT2D eigenvalue weighted by atomic mass is 28.4. The average molecular weight is 547 g/mol. The van der Waals surface area contributed by atoms with Crippen molar-refractivity contribution in [1.82, 2.24) is 0 Å². The van der Waals surface area contributed by atoms with Gasteiger partial charge in [0.1, 0.15) is 0 Å². The molecular formula is C33H58O4Si. The standard InChI is InChI=1S/C33H58O4Si/c1-4-5-6-7-8-9-10-11-12-13-14-15-16-17-18-19-20-21-22-23-27-30-38(36-31(2)34,37-32(3)35)33-28-25-24-26-29-33/h24-26,28-29H,4-23,27,30H2,1-3H3. The molecule has 4 nitrogen and oxygen atoms in total. The highest BCUT2D eigenvalue weighted by molar-refractivity contribution is 6.83. The molecule has 218 valence electrons. The van der Waals surface area contributed by atoms with Crippen LogP contribution in [0.1, 0.15) is 156 Å². The first kappa shape index (κ1) is 34.4. The van der Waals surface area contributed by atoms with Crippen molar-refractivity contribution in [3.05, 3.63) is 30.3 Å². The van der Waals surface area contributed by atoms with E-state index in [1.807, 2.05) is 30.3 Å². The van der Waals surface area contributed by atoms with E-state index in [-0.39, 0.29) is 11.9 Å². The second kappa shape index (κ2) is 23.3. The quantitative estimate of drug-likeness (QED) is 0.0904. The van der Waals surface area contributed by atoms with Gasteiger partial charge < -0.3 is 8.85 Å². The van der Waals surface area contributed by atoms with Crippen LogP contribution in [0.5, 0.6) is 0 Å². The Labute approximate surface area is 235 Å². The first-order valence-corrected chi connectivity index (χ1v) is 18.0. The predicted octanol–water partition coefficient (Wildman–Crippen LogP) is 9.67. The van der Waals surface area contributed by atoms with Gasteiger partial charge in [0, 0.05) is 25.1 Å². The smallest absolute Gasteiger partial charge is 0.482 e. The number of carbonyl (C=O) groups excluding carboxylic acids is 2. The van der Waals surface area contributed by atoms with Gasteiger partial charge in [0.25, 0.3) is 11.9 Å². The molecule has 0 N–H and O–H groups in total. The lowest BCUT2D eigenvalue weighted by Crippen LogP contribution is -2.55. The third-order valence-electron chi connectivity index (χ3n) is 7.44. The van der Waals surface area contributed by atoms with Gasteiger partial charge in [-0.2, -0.15) is 0 Å². The summed E-state index contributed by atoms with van der Waals surface area (Å²) in [5, 5.41) is 0.846. The van der Waals surface area contributed by atoms with Crippen LogP contribution in [-0.2, 0) is 18.4 Å². The number of carbonyl (C=O) groups is 2. The Morgan fingerprint density at radius 1 is 0.526 bits per heavy atom. The van der Waals surface area contributed by atoms with Crippen LogP contribution < -0.4 is 5.19 Å². The van der Waals surface area contributed by atoms with Gasteiger partial charge in [-0.05, 0) is 6.42 Å². The molecule has 0 saturated heterocycles. The molecule has 0 radical (unpaired) electrons. The average Bonchev–Trinajstić information content (AvgIpc) is 2.89. The van der Waals surface area contributed by atoms with Crippen LogP contribution in [0.25, 0.3) is 0 Å². The van der Waals surface area contributed by atoms with Crippen LogP contribution in [0.3, 0.4) is 0 Å². The predicted molar refractivity (Wildman–Crippen MR) is 163 cm³/mol. The van der Waals surface area contributed by atoms with E-state index in [2.05, 4.69) is 6.92 Å². The second-order valence-electron chi connectivity index (χ2n) is 11.1. The summed E-state index contributed by atoms with van der Waals surface area (Å²) in [6, 6.07) is 10.2. The largest absolute Gasteiger partial charge is 0.499 e. The Morgan fingerprint density at radius 3 is 1.16 bits per heavy atom. The minimum atomic E-state index is -3.11. The number of hydrogen-bond donors (Lipinski definition) is 0. The van der Waals surface area contributed by atoms with E-state index in [0.717, 1.165) is 18.0 Å². The minimum Gasteiger partial charge on any atom is -0.482 e. The summed E-state index contributed by atoms with van der Waals surface area (Å²) in [7, 11) is -3.11. The van der Waals surface area contributed by atoms with E-state index in [1.165, 1.54) is 136 Å². The minimum absolute atomic E-state index is 0.384. The van der Waals surface area contributed by atoms with Gasteiger partial charge in [0.15, 0.2) is 0 Å². The molecule has 0 aliphatic carbocycles. The molecule has 5 heteroatoms. The van der Waals surface area contributed by atoms with Crippen molar-refractivity contribution in [2.24, 2.45) is 0 Å². The van der Waals surface area contributed by atoms with Gasteiger partial charge in [-0.1, -0.05) is 166 Å².